The van der Waals surface area contributed by atoms with E-state index in [2.05, 4.69) is 218 Å². The van der Waals surface area contributed by atoms with Crippen molar-refractivity contribution in [2.75, 3.05) is 0 Å². The average molecular weight is 875 g/mol. The number of hydrogen-bond donors (Lipinski definition) is 0. The fourth-order valence-corrected chi connectivity index (χ4v) is 12.9. The zero-order valence-electron chi connectivity index (χ0n) is 37.3. The van der Waals surface area contributed by atoms with Gasteiger partial charge < -0.3 is 8.83 Å². The molecule has 0 saturated heterocycles. The lowest BCUT2D eigenvalue weighted by molar-refractivity contribution is 0.668. The molecule has 2 nitrogen and oxygen atoms in total. The van der Waals surface area contributed by atoms with Crippen molar-refractivity contribution in [1.29, 1.82) is 0 Å². The molecule has 2 heteroatoms. The predicted octanol–water partition coefficient (Wildman–Crippen LogP) is 18.3. The maximum absolute atomic E-state index is 6.37. The Morgan fingerprint density at radius 3 is 1.30 bits per heavy atom. The van der Waals surface area contributed by atoms with Crippen LogP contribution in [0.5, 0.6) is 0 Å². The summed E-state index contributed by atoms with van der Waals surface area (Å²) in [7, 11) is 0. The maximum Gasteiger partial charge on any atom is 0.135 e. The second-order valence-electron chi connectivity index (χ2n) is 18.9. The average Bonchev–Trinajstić information content (AvgIpc) is 4.15. The Morgan fingerprint density at radius 1 is 0.246 bits per heavy atom. The fourth-order valence-electron chi connectivity index (χ4n) is 12.9. The van der Waals surface area contributed by atoms with E-state index in [1.807, 2.05) is 12.1 Å². The van der Waals surface area contributed by atoms with Gasteiger partial charge in [0.25, 0.3) is 0 Å². The lowest BCUT2D eigenvalue weighted by Gasteiger charge is -2.33. The number of benzene rings is 12. The van der Waals surface area contributed by atoms with Gasteiger partial charge >= 0.3 is 0 Å². The van der Waals surface area contributed by atoms with E-state index in [-0.39, 0.29) is 0 Å². The van der Waals surface area contributed by atoms with Crippen molar-refractivity contribution in [2.24, 2.45) is 0 Å². The molecular weight excluding hydrogens is 837 g/mol. The zero-order valence-corrected chi connectivity index (χ0v) is 37.3. The minimum Gasteiger partial charge on any atom is -0.456 e. The Bertz CT molecular complexity index is 4340. The quantitative estimate of drug-likeness (QED) is 0.165. The van der Waals surface area contributed by atoms with Crippen LogP contribution in [0.1, 0.15) is 22.3 Å². The van der Waals surface area contributed by atoms with Gasteiger partial charge in [0.2, 0.25) is 0 Å². The third kappa shape index (κ3) is 4.84. The van der Waals surface area contributed by atoms with Gasteiger partial charge in [-0.3, -0.25) is 0 Å². The standard InChI is InChI=1S/C67H38O2/c1-2-15-44-39(14-1)30-33-59-65(44)52-25-13-24-51(66(52)67(59)57-26-7-3-16-45(57)46-17-4-8-27-58(46)67)64-49-22-11-20-42(40-31-34-62-55(36-40)47-18-5-9-28-60(47)68-62)53(49)38-54-43(21-12-23-50(54)64)41-32-35-63-56(37-41)48-19-6-10-29-61(48)69-63/h1-38H. The summed E-state index contributed by atoms with van der Waals surface area (Å²) in [5.74, 6) is 0. The summed E-state index contributed by atoms with van der Waals surface area (Å²) in [5, 5.41) is 11.9. The van der Waals surface area contributed by atoms with Crippen molar-refractivity contribution in [3.63, 3.8) is 0 Å². The highest BCUT2D eigenvalue weighted by Crippen LogP contribution is 2.66. The van der Waals surface area contributed by atoms with Gasteiger partial charge in [-0.1, -0.05) is 188 Å². The van der Waals surface area contributed by atoms with Gasteiger partial charge in [-0.2, -0.15) is 0 Å². The molecule has 2 aliphatic rings. The summed E-state index contributed by atoms with van der Waals surface area (Å²) < 4.78 is 12.7. The Morgan fingerprint density at radius 2 is 0.696 bits per heavy atom. The highest BCUT2D eigenvalue weighted by molar-refractivity contribution is 6.22. The highest BCUT2D eigenvalue weighted by Gasteiger charge is 2.53. The first-order chi connectivity index (χ1) is 34.2. The van der Waals surface area contributed by atoms with Crippen molar-refractivity contribution < 1.29 is 8.83 Å². The van der Waals surface area contributed by atoms with Gasteiger partial charge in [0.05, 0.1) is 5.41 Å². The second kappa shape index (κ2) is 13.6. The molecule has 2 aromatic heterocycles. The van der Waals surface area contributed by atoms with Crippen LogP contribution in [0.2, 0.25) is 0 Å². The fraction of sp³-hybridized carbons (Fsp3) is 0.0149. The SMILES string of the molecule is c1ccc2c(c1)-c1ccccc1C21c2ccc3ccccc3c2-c2cccc(-c3c4cccc(-c5ccc6oc7ccccc7c6c5)c4cc4c(-c5ccc6oc7ccccc7c6c5)cccc34)c21. The Hall–Kier alpha value is -8.98. The smallest absolute Gasteiger partial charge is 0.135 e. The molecule has 2 aliphatic carbocycles. The molecule has 0 saturated carbocycles. The van der Waals surface area contributed by atoms with E-state index in [0.29, 0.717) is 0 Å². The van der Waals surface area contributed by atoms with Crippen LogP contribution in [0.3, 0.4) is 0 Å². The van der Waals surface area contributed by atoms with Gasteiger partial charge in [-0.05, 0) is 153 Å². The first kappa shape index (κ1) is 37.1. The van der Waals surface area contributed by atoms with E-state index >= 15 is 0 Å². The molecule has 0 atom stereocenters. The first-order valence-electron chi connectivity index (χ1n) is 23.9. The van der Waals surface area contributed by atoms with Crippen molar-refractivity contribution in [3.05, 3.63) is 253 Å². The number of para-hydroxylation sites is 2. The summed E-state index contributed by atoms with van der Waals surface area (Å²) in [6.45, 7) is 0. The van der Waals surface area contributed by atoms with Crippen molar-refractivity contribution in [2.45, 2.75) is 5.41 Å². The van der Waals surface area contributed by atoms with Gasteiger partial charge in [0.1, 0.15) is 22.3 Å². The Kier molecular flexibility index (Phi) is 7.30. The highest BCUT2D eigenvalue weighted by atomic mass is 16.3. The topological polar surface area (TPSA) is 26.3 Å². The summed E-state index contributed by atoms with van der Waals surface area (Å²) in [5.41, 5.74) is 20.7. The minimum atomic E-state index is -0.567. The monoisotopic (exact) mass is 874 g/mol. The largest absolute Gasteiger partial charge is 0.456 e. The second-order valence-corrected chi connectivity index (χ2v) is 18.9. The summed E-state index contributed by atoms with van der Waals surface area (Å²) in [6.07, 6.45) is 0. The summed E-state index contributed by atoms with van der Waals surface area (Å²) in [4.78, 5) is 0. The van der Waals surface area contributed by atoms with E-state index in [4.69, 9.17) is 8.83 Å². The molecule has 0 aliphatic heterocycles. The molecule has 14 aromatic rings. The van der Waals surface area contributed by atoms with Crippen molar-refractivity contribution in [1.82, 2.24) is 0 Å². The van der Waals surface area contributed by atoms with Crippen LogP contribution in [-0.2, 0) is 5.41 Å². The first-order valence-corrected chi connectivity index (χ1v) is 23.9. The van der Waals surface area contributed by atoms with E-state index < -0.39 is 5.41 Å². The molecule has 0 unspecified atom stereocenters. The van der Waals surface area contributed by atoms with Gasteiger partial charge in [0.15, 0.2) is 0 Å². The van der Waals surface area contributed by atoms with Gasteiger partial charge in [0, 0.05) is 21.5 Å². The predicted molar refractivity (Wildman–Crippen MR) is 286 cm³/mol. The van der Waals surface area contributed by atoms with Crippen LogP contribution in [-0.4, -0.2) is 0 Å². The molecule has 69 heavy (non-hydrogen) atoms. The molecule has 16 rings (SSSR count). The molecular formula is C67H38O2. The normalized spacial score (nSPS) is 13.3. The molecule has 12 aromatic carbocycles. The van der Waals surface area contributed by atoms with Crippen LogP contribution in [0, 0.1) is 0 Å². The molecule has 2 heterocycles. The van der Waals surface area contributed by atoms with Crippen molar-refractivity contribution in [3.8, 4) is 55.6 Å². The van der Waals surface area contributed by atoms with E-state index in [0.717, 1.165) is 55.0 Å². The summed E-state index contributed by atoms with van der Waals surface area (Å²) in [6, 6.07) is 85.6. The molecule has 318 valence electrons. The van der Waals surface area contributed by atoms with E-state index in [1.54, 1.807) is 0 Å². The number of rotatable bonds is 3. The molecule has 0 fully saturated rings. The lowest BCUT2D eigenvalue weighted by Crippen LogP contribution is -2.26. The lowest BCUT2D eigenvalue weighted by atomic mass is 9.68. The third-order valence-corrected chi connectivity index (χ3v) is 15.7. The zero-order chi connectivity index (χ0) is 45.0. The number of fused-ring (bicyclic) bond motifs is 20. The van der Waals surface area contributed by atoms with Crippen LogP contribution >= 0.6 is 0 Å². The Labute approximate surface area is 396 Å². The number of hydrogen-bond acceptors (Lipinski definition) is 2. The molecule has 0 radical (unpaired) electrons. The number of furan rings is 2. The molecule has 0 bridgehead atoms. The van der Waals surface area contributed by atoms with Crippen LogP contribution in [0.15, 0.2) is 239 Å². The third-order valence-electron chi connectivity index (χ3n) is 15.7. The minimum absolute atomic E-state index is 0.567. The van der Waals surface area contributed by atoms with Crippen molar-refractivity contribution >= 4 is 76.2 Å². The molecule has 0 N–H and O–H groups in total. The van der Waals surface area contributed by atoms with Crippen LogP contribution in [0.4, 0.5) is 0 Å². The van der Waals surface area contributed by atoms with Crippen LogP contribution < -0.4 is 0 Å². The van der Waals surface area contributed by atoms with Gasteiger partial charge in [-0.15, -0.1) is 0 Å². The summed E-state index contributed by atoms with van der Waals surface area (Å²) >= 11 is 0. The van der Waals surface area contributed by atoms with E-state index in [9.17, 15) is 0 Å². The molecule has 1 spiro atoms. The molecule has 0 amide bonds. The Balaban J connectivity index is 1.06. The van der Waals surface area contributed by atoms with Crippen LogP contribution in [0.25, 0.3) is 132 Å². The van der Waals surface area contributed by atoms with Gasteiger partial charge in [-0.25, -0.2) is 0 Å². The van der Waals surface area contributed by atoms with E-state index in [1.165, 1.54) is 99.1 Å². The maximum atomic E-state index is 6.37.